The summed E-state index contributed by atoms with van der Waals surface area (Å²) in [5.74, 6) is -4.60. The first kappa shape index (κ1) is 144. The lowest BCUT2D eigenvalue weighted by Crippen LogP contribution is -2.48. The minimum Gasteiger partial charge on any atom is -0.808 e. The van der Waals surface area contributed by atoms with Gasteiger partial charge in [0.25, 0.3) is 51.1 Å². The number of carbonyl (C=O) groups is 7. The molecule has 3 aromatic carbocycles. The van der Waals surface area contributed by atoms with Crippen LogP contribution in [0.25, 0.3) is 0 Å². The van der Waals surface area contributed by atoms with Crippen molar-refractivity contribution < 1.29 is 170 Å². The first-order valence-corrected chi connectivity index (χ1v) is 63.2. The molecular formula is C96H178N7O36P8+. The highest BCUT2D eigenvalue weighted by atomic mass is 31.3. The minimum atomic E-state index is -5.91. The van der Waals surface area contributed by atoms with Crippen LogP contribution in [0, 0.1) is 0 Å². The first-order chi connectivity index (χ1) is 68.4. The molecule has 6 rings (SSSR count). The Morgan fingerprint density at radius 3 is 0.803 bits per heavy atom. The van der Waals surface area contributed by atoms with Crippen LogP contribution in [-0.4, -0.2) is 236 Å². The summed E-state index contributed by atoms with van der Waals surface area (Å²) in [6.45, 7) is 5.26. The molecule has 7 unspecified atom stereocenters. The van der Waals surface area contributed by atoms with Gasteiger partial charge in [0.05, 0.1) is 73.4 Å². The Bertz CT molecular complexity index is 4500. The van der Waals surface area contributed by atoms with Crippen molar-refractivity contribution in [3.05, 3.63) is 106 Å². The topological polar surface area (TPSA) is 703 Å². The largest absolute Gasteiger partial charge is 0.808 e. The van der Waals surface area contributed by atoms with Gasteiger partial charge in [-0.05, 0) is 87.1 Å². The lowest BCUT2D eigenvalue weighted by Gasteiger charge is -2.50. The van der Waals surface area contributed by atoms with E-state index in [1.54, 1.807) is 24.3 Å². The van der Waals surface area contributed by atoms with Gasteiger partial charge in [0.1, 0.15) is 6.54 Å². The molecule has 3 aliphatic heterocycles. The van der Waals surface area contributed by atoms with Gasteiger partial charge in [0.2, 0.25) is 0 Å². The summed E-state index contributed by atoms with van der Waals surface area (Å²) in [6, 6.07) is 17.9. The van der Waals surface area contributed by atoms with E-state index in [4.69, 9.17) is 42.6 Å². The third-order valence-electron chi connectivity index (χ3n) is 24.4. The van der Waals surface area contributed by atoms with Crippen molar-refractivity contribution in [1.82, 2.24) is 33.2 Å². The highest BCUT2D eigenvalue weighted by Crippen LogP contribution is 2.76. The average molecular weight is 2250 g/mol. The number of imide groups is 3. The van der Waals surface area contributed by atoms with Gasteiger partial charge >= 0.3 is 46.0 Å². The van der Waals surface area contributed by atoms with E-state index in [-0.39, 0.29) is 84.5 Å². The molecule has 0 bridgehead atoms. The number of nitrogens with two attached hydrogens (primary N) is 1. The minimum absolute atomic E-state index is 0. The molecule has 0 saturated carbocycles. The molecule has 852 valence electrons. The summed E-state index contributed by atoms with van der Waals surface area (Å²) in [6.07, 6.45) is 53.9. The van der Waals surface area contributed by atoms with E-state index in [0.29, 0.717) is 42.6 Å². The fourth-order valence-corrected chi connectivity index (χ4v) is 26.0. The van der Waals surface area contributed by atoms with E-state index in [1.165, 1.54) is 287 Å². The summed E-state index contributed by atoms with van der Waals surface area (Å²) >= 11 is 0. The van der Waals surface area contributed by atoms with Crippen LogP contribution in [0.2, 0.25) is 0 Å². The molecule has 20 N–H and O–H groups in total. The second-order valence-corrected chi connectivity index (χ2v) is 52.4. The number of hydrogen-bond donors (Lipinski definition) is 10. The summed E-state index contributed by atoms with van der Waals surface area (Å²) in [7, 11) is -30.7. The lowest BCUT2D eigenvalue weighted by atomic mass is 10.0. The highest BCUT2D eigenvalue weighted by molar-refractivity contribution is 7.74. The number of nitrogens with zero attached hydrogens (tertiary/aromatic N) is 3. The maximum absolute atomic E-state index is 13.9. The van der Waals surface area contributed by atoms with E-state index in [1.807, 2.05) is 0 Å². The van der Waals surface area contributed by atoms with Gasteiger partial charge < -0.3 is 128 Å². The Kier molecular flexibility index (Phi) is 77.2. The maximum Gasteiger partial charge on any atom is 0.504 e. The zero-order chi connectivity index (χ0) is 108. The van der Waals surface area contributed by atoms with Crippen LogP contribution >= 0.6 is 61.2 Å². The molecule has 3 heterocycles. The van der Waals surface area contributed by atoms with Gasteiger partial charge in [-0.1, -0.05) is 308 Å². The zero-order valence-electron chi connectivity index (χ0n) is 89.4. The van der Waals surface area contributed by atoms with E-state index >= 15 is 0 Å². The molecule has 0 aromatic heterocycles. The van der Waals surface area contributed by atoms with Gasteiger partial charge in [-0.15, -0.1) is 4.52 Å². The zero-order valence-corrected chi connectivity index (χ0v) is 96.5. The number of hydrogen-bond acceptors (Lipinski definition) is 34. The number of amides is 6. The second kappa shape index (κ2) is 78.6. The van der Waals surface area contributed by atoms with Crippen LogP contribution in [0.4, 0.5) is 0 Å². The number of benzene rings is 3. The van der Waals surface area contributed by atoms with E-state index < -0.39 is 157 Å². The summed E-state index contributed by atoms with van der Waals surface area (Å²) in [5.41, 5.74) is 4.55. The van der Waals surface area contributed by atoms with E-state index in [9.17, 15) is 115 Å². The summed E-state index contributed by atoms with van der Waals surface area (Å²) in [5, 5.41) is 21.7. The van der Waals surface area contributed by atoms with Gasteiger partial charge in [-0.25, -0.2) is 0 Å². The quantitative estimate of drug-likeness (QED) is 0.0142. The van der Waals surface area contributed by atoms with Crippen molar-refractivity contribution in [3.63, 3.8) is 0 Å². The number of carbonyl (C=O) groups excluding carboxylic acids is 7. The van der Waals surface area contributed by atoms with Crippen LogP contribution in [0.1, 0.15) is 372 Å². The van der Waals surface area contributed by atoms with Gasteiger partial charge in [0.15, 0.2) is 19.3 Å². The first-order valence-electron chi connectivity index (χ1n) is 50.6. The van der Waals surface area contributed by atoms with Crippen LogP contribution in [0.3, 0.4) is 0 Å². The Morgan fingerprint density at radius 2 is 0.571 bits per heavy atom. The third kappa shape index (κ3) is 49.2. The molecule has 0 aliphatic carbocycles. The fourth-order valence-electron chi connectivity index (χ4n) is 15.5. The molecule has 51 heteroatoms. The maximum atomic E-state index is 13.9. The Hall–Kier alpha value is -4.54. The Labute approximate surface area is 872 Å². The number of unbranched alkanes of at least 4 members (excludes halogenated alkanes) is 39. The summed E-state index contributed by atoms with van der Waals surface area (Å²) in [4.78, 5) is 152. The normalized spacial score (nSPS) is 15.5. The van der Waals surface area contributed by atoms with Gasteiger partial charge in [0, 0.05) is 81.7 Å². The van der Waals surface area contributed by atoms with Gasteiger partial charge in [-0.2, -0.15) is 0 Å². The number of aliphatic hydroxyl groups is 3. The van der Waals surface area contributed by atoms with Crippen molar-refractivity contribution >= 4 is 102 Å². The lowest BCUT2D eigenvalue weighted by molar-refractivity contribution is -0.328. The SMILES string of the molecule is CCCCCCCCCCCCCCCCOCCCOP(=O)(O)C(O)(CN1C(=O)c2ccccc2C1=O)P(=O)(O)O.CCCCCCCCCCCCCCCCOCCCOP(=O)(OC)C(O)(CN1C(=O)c2ccccc2C1=O)P(=O)(OC)OC.CCCCCCCCCCCCCCCCOCCCOP(=O)([O-])C(O)(CN)P(=O)([O-])[O-].COP(=O)(OC)C(=O)CN1C(=O)c2ccccc2C1=O.CO[P+](C)=O.[NH4+].[NH4+].[NH4+]. The van der Waals surface area contributed by atoms with Crippen LogP contribution in [0.5, 0.6) is 0 Å². The number of β-amino-alcohol motifs (C(OH)–C–C–N with tert-alkyl or cyclic N) is 2. The van der Waals surface area contributed by atoms with E-state index in [0.717, 1.165) is 85.4 Å². The summed E-state index contributed by atoms with van der Waals surface area (Å²) < 4.78 is 157. The molecule has 43 nitrogen and oxygen atoms in total. The molecular weight excluding hydrogens is 2070 g/mol. The molecule has 0 fully saturated rings. The monoisotopic (exact) mass is 2250 g/mol. The smallest absolute Gasteiger partial charge is 0.504 e. The van der Waals surface area contributed by atoms with Crippen molar-refractivity contribution in [1.29, 1.82) is 0 Å². The van der Waals surface area contributed by atoms with Crippen LogP contribution in [0.15, 0.2) is 72.8 Å². The van der Waals surface area contributed by atoms with Crippen molar-refractivity contribution in [3.8, 4) is 0 Å². The molecule has 147 heavy (non-hydrogen) atoms. The molecule has 6 amide bonds. The third-order valence-corrected chi connectivity index (χ3v) is 40.4. The van der Waals surface area contributed by atoms with Crippen molar-refractivity contribution in [2.75, 3.05) is 135 Å². The van der Waals surface area contributed by atoms with Crippen molar-refractivity contribution in [2.24, 2.45) is 5.73 Å². The molecule has 0 saturated heterocycles. The Morgan fingerprint density at radius 1 is 0.340 bits per heavy atom. The number of rotatable bonds is 80. The predicted octanol–water partition coefficient (Wildman–Crippen LogP) is 20.7. The molecule has 7 atom stereocenters. The fraction of sp³-hybridized carbons (Fsp3) is 0.740. The van der Waals surface area contributed by atoms with Crippen molar-refractivity contribution in [2.45, 2.75) is 325 Å². The number of ether oxygens (including phenoxy) is 3. The molecule has 0 radical (unpaired) electrons. The van der Waals surface area contributed by atoms with E-state index in [2.05, 4.69) is 38.9 Å². The van der Waals surface area contributed by atoms with Crippen LogP contribution < -0.4 is 38.9 Å². The highest BCUT2D eigenvalue weighted by Gasteiger charge is 2.67. The molecule has 0 spiro atoms. The average Bonchev–Trinajstić information content (AvgIpc) is 1.72. The standard InChI is InChI=1S/C32H55NO10P2.C29H49NO10P2.C21H47NO8P2.C12H12NO6P.C2H6O2P.3H3N/c1-5-6-7-8-9-10-11-12-13-14-15-16-17-20-24-42-25-21-26-43-45(38,41-4)32(36,44(37,39-2)40-3)27-33-30(34)28-22-18-19-23-29(28)31(33)35;1-2-3-4-5-6-7-8-9-10-11-12-13-14-17-21-39-22-18-23-40-42(37,38)29(33,41(34,35)36)24-30-27(31)25-19-15-16-20-26(25)28(30)32;1-2-3-4-5-6-7-8-9-10-11-12-13-14-15-17-29-18-16-19-30-32(27,28)21(23,20-22)31(24,25)26;1-18-20(17,19-2)10(14)7-13-11(15)8-5-3-4-6-9(8)12(13)16;1-4-5(2)3;;;/h18-19,22-23,36H,5-17,20-21,24-27H2,1-4H3;15-16,19-20,33H,2-14,17-18,21-24H2,1H3,(H,37,38)(H2,34,35,36);23H,2-20,22H2,1H3,(H,27,28)(H2,24,25,26);3-6H,7H2,1-2H3;1-2H3;3*1H3/q;;;;+1;;;. The van der Waals surface area contributed by atoms with Crippen LogP contribution in [-0.2, 0) is 96.2 Å². The number of quaternary nitrogens is 3. The number of fused-ring (bicyclic) bond motifs is 3. The molecule has 3 aliphatic rings. The van der Waals surface area contributed by atoms with Gasteiger partial charge in [-0.3, -0.25) is 71.1 Å². The predicted molar refractivity (Wildman–Crippen MR) is 563 cm³/mol. The second-order valence-electron chi connectivity index (χ2n) is 35.4. The Balaban J connectivity index is 0. The molecule has 3 aromatic rings.